The van der Waals surface area contributed by atoms with Crippen LogP contribution in [0.15, 0.2) is 42.5 Å². The highest BCUT2D eigenvalue weighted by atomic mass is 19.4. The molecule has 41 heavy (non-hydrogen) atoms. The highest BCUT2D eigenvalue weighted by Gasteiger charge is 2.68. The number of carboxylic acids is 1. The summed E-state index contributed by atoms with van der Waals surface area (Å²) < 4.78 is 84.1. The van der Waals surface area contributed by atoms with Crippen LogP contribution in [0, 0.1) is 13.8 Å². The number of alkyl halides is 6. The van der Waals surface area contributed by atoms with Crippen LogP contribution in [0.25, 0.3) is 6.08 Å². The maximum absolute atomic E-state index is 13.1. The summed E-state index contributed by atoms with van der Waals surface area (Å²) in [5.74, 6) is -0.387. The van der Waals surface area contributed by atoms with E-state index in [1.165, 1.54) is 6.07 Å². The Labute approximate surface area is 235 Å². The molecular formula is C30H36F6O5. The number of carboxylic acid groups (broad SMARTS) is 1. The van der Waals surface area contributed by atoms with Gasteiger partial charge in [-0.3, -0.25) is 4.79 Å². The van der Waals surface area contributed by atoms with E-state index in [2.05, 4.69) is 0 Å². The van der Waals surface area contributed by atoms with Crippen molar-refractivity contribution in [3.63, 3.8) is 0 Å². The Morgan fingerprint density at radius 3 is 1.93 bits per heavy atom. The van der Waals surface area contributed by atoms with Gasteiger partial charge in [-0.05, 0) is 79.5 Å². The fourth-order valence-electron chi connectivity index (χ4n) is 4.82. The Morgan fingerprint density at radius 2 is 1.46 bits per heavy atom. The van der Waals surface area contributed by atoms with Crippen molar-refractivity contribution < 1.29 is 51.2 Å². The van der Waals surface area contributed by atoms with Gasteiger partial charge in [-0.2, -0.15) is 26.3 Å². The standard InChI is InChI=1S/C30H36F6O5/c1-5-27(6-2,23-12-13-25(20(4)17-23)41-18-24(37)8-7-9-26(38)39)22-11-10-21(19(3)16-22)14-15-28(40,29(31,32)33)30(34,35)36/h10-17,24,37,40H,5-9,18H2,1-4H3,(H,38,39). The van der Waals surface area contributed by atoms with Crippen molar-refractivity contribution in [2.24, 2.45) is 0 Å². The quantitative estimate of drug-likeness (QED) is 0.214. The molecule has 0 amide bonds. The average molecular weight is 591 g/mol. The van der Waals surface area contributed by atoms with E-state index >= 15 is 0 Å². The van der Waals surface area contributed by atoms with Crippen LogP contribution in [-0.2, 0) is 10.2 Å². The lowest BCUT2D eigenvalue weighted by atomic mass is 9.70. The van der Waals surface area contributed by atoms with Gasteiger partial charge in [0.25, 0.3) is 5.60 Å². The molecule has 0 spiro atoms. The second-order valence-electron chi connectivity index (χ2n) is 10.2. The number of rotatable bonds is 13. The first-order valence-corrected chi connectivity index (χ1v) is 13.2. The number of aliphatic hydroxyl groups excluding tert-OH is 1. The second kappa shape index (κ2) is 13.3. The first-order valence-electron chi connectivity index (χ1n) is 13.2. The molecule has 3 N–H and O–H groups in total. The molecule has 2 rings (SSSR count). The summed E-state index contributed by atoms with van der Waals surface area (Å²) in [6.45, 7) is 7.37. The first-order chi connectivity index (χ1) is 18.9. The van der Waals surface area contributed by atoms with Crippen LogP contribution in [0.5, 0.6) is 5.75 Å². The van der Waals surface area contributed by atoms with Gasteiger partial charge >= 0.3 is 18.3 Å². The summed E-state index contributed by atoms with van der Waals surface area (Å²) in [7, 11) is 0. The molecule has 5 nitrogen and oxygen atoms in total. The third-order valence-corrected chi connectivity index (χ3v) is 7.48. The highest BCUT2D eigenvalue weighted by molar-refractivity contribution is 5.66. The predicted octanol–water partition coefficient (Wildman–Crippen LogP) is 7.27. The predicted molar refractivity (Wildman–Crippen MR) is 143 cm³/mol. The molecule has 0 aliphatic heterocycles. The number of hydrogen-bond donors (Lipinski definition) is 3. The number of carbonyl (C=O) groups is 1. The monoisotopic (exact) mass is 590 g/mol. The van der Waals surface area contributed by atoms with E-state index < -0.39 is 35.4 Å². The lowest BCUT2D eigenvalue weighted by Crippen LogP contribution is -2.55. The number of aliphatic hydroxyl groups is 2. The summed E-state index contributed by atoms with van der Waals surface area (Å²) in [4.78, 5) is 10.6. The van der Waals surface area contributed by atoms with Crippen LogP contribution in [0.2, 0.25) is 0 Å². The molecule has 228 valence electrons. The van der Waals surface area contributed by atoms with Gasteiger partial charge in [-0.15, -0.1) is 0 Å². The Balaban J connectivity index is 2.34. The Hall–Kier alpha value is -3.05. The van der Waals surface area contributed by atoms with Gasteiger partial charge in [0.05, 0.1) is 6.10 Å². The normalized spacial score (nSPS) is 14.0. The Kier molecular flexibility index (Phi) is 11.1. The van der Waals surface area contributed by atoms with Gasteiger partial charge in [-0.25, -0.2) is 0 Å². The molecule has 1 unspecified atom stereocenters. The zero-order valence-electron chi connectivity index (χ0n) is 23.4. The smallest absolute Gasteiger partial charge is 0.430 e. The van der Waals surface area contributed by atoms with Crippen molar-refractivity contribution in [3.05, 3.63) is 70.3 Å². The Bertz CT molecular complexity index is 1200. The summed E-state index contributed by atoms with van der Waals surface area (Å²) in [5, 5.41) is 28.2. The molecule has 2 aromatic carbocycles. The number of aryl methyl sites for hydroxylation is 2. The third-order valence-electron chi connectivity index (χ3n) is 7.48. The van der Waals surface area contributed by atoms with Crippen LogP contribution in [0.3, 0.4) is 0 Å². The van der Waals surface area contributed by atoms with Gasteiger partial charge < -0.3 is 20.1 Å². The highest BCUT2D eigenvalue weighted by Crippen LogP contribution is 2.45. The van der Waals surface area contributed by atoms with E-state index in [9.17, 15) is 41.4 Å². The number of halogens is 6. The van der Waals surface area contributed by atoms with Crippen LogP contribution >= 0.6 is 0 Å². The lowest BCUT2D eigenvalue weighted by Gasteiger charge is -2.34. The lowest BCUT2D eigenvalue weighted by molar-refractivity contribution is -0.347. The molecule has 0 heterocycles. The molecule has 0 saturated carbocycles. The van der Waals surface area contributed by atoms with E-state index in [0.717, 1.165) is 16.7 Å². The van der Waals surface area contributed by atoms with Crippen molar-refractivity contribution in [2.45, 2.75) is 89.3 Å². The SMILES string of the molecule is CCC(CC)(c1ccc(C=CC(O)(C(F)(F)F)C(F)(F)F)c(C)c1)c1ccc(OCC(O)CCCC(=O)O)c(C)c1. The third kappa shape index (κ3) is 7.82. The molecule has 0 fully saturated rings. The van der Waals surface area contributed by atoms with E-state index in [-0.39, 0.29) is 31.1 Å². The van der Waals surface area contributed by atoms with Gasteiger partial charge in [0, 0.05) is 11.8 Å². The molecule has 0 aromatic heterocycles. The van der Waals surface area contributed by atoms with Crippen molar-refractivity contribution in [2.75, 3.05) is 6.61 Å². The van der Waals surface area contributed by atoms with Crippen LogP contribution < -0.4 is 4.74 Å². The van der Waals surface area contributed by atoms with E-state index in [1.54, 1.807) is 25.1 Å². The topological polar surface area (TPSA) is 87.0 Å². The molecule has 2 aromatic rings. The number of benzene rings is 2. The minimum atomic E-state index is -5.94. The number of hydrogen-bond acceptors (Lipinski definition) is 4. The van der Waals surface area contributed by atoms with Crippen LogP contribution in [0.4, 0.5) is 26.3 Å². The minimum Gasteiger partial charge on any atom is -0.491 e. The minimum absolute atomic E-state index is 0.00151. The number of ether oxygens (including phenoxy) is 1. The fourth-order valence-corrected chi connectivity index (χ4v) is 4.82. The van der Waals surface area contributed by atoms with Gasteiger partial charge in [0.2, 0.25) is 0 Å². The van der Waals surface area contributed by atoms with Gasteiger partial charge in [0.15, 0.2) is 0 Å². The molecule has 0 radical (unpaired) electrons. The van der Waals surface area contributed by atoms with Crippen LogP contribution in [0.1, 0.15) is 73.8 Å². The largest absolute Gasteiger partial charge is 0.491 e. The fraction of sp³-hybridized carbons (Fsp3) is 0.500. The van der Waals surface area contributed by atoms with Gasteiger partial charge in [0.1, 0.15) is 12.4 Å². The summed E-state index contributed by atoms with van der Waals surface area (Å²) in [6.07, 6.45) is -10.5. The maximum Gasteiger partial charge on any atom is 0.430 e. The van der Waals surface area contributed by atoms with Crippen LogP contribution in [-0.4, -0.2) is 52.0 Å². The van der Waals surface area contributed by atoms with E-state index in [1.807, 2.05) is 32.9 Å². The molecule has 11 heteroatoms. The molecule has 1 atom stereocenters. The first kappa shape index (κ1) is 34.2. The van der Waals surface area contributed by atoms with Crippen molar-refractivity contribution >= 4 is 12.0 Å². The average Bonchev–Trinajstić information content (AvgIpc) is 2.87. The van der Waals surface area contributed by atoms with Gasteiger partial charge in [-0.1, -0.05) is 50.3 Å². The number of aliphatic carboxylic acids is 1. The van der Waals surface area contributed by atoms with Crippen molar-refractivity contribution in [3.8, 4) is 5.75 Å². The molecule has 0 bridgehead atoms. The summed E-state index contributed by atoms with van der Waals surface area (Å²) in [5.41, 5.74) is -2.42. The summed E-state index contributed by atoms with van der Waals surface area (Å²) >= 11 is 0. The Morgan fingerprint density at radius 1 is 0.927 bits per heavy atom. The zero-order chi connectivity index (χ0) is 31.2. The van der Waals surface area contributed by atoms with E-state index in [4.69, 9.17) is 9.84 Å². The van der Waals surface area contributed by atoms with Crippen molar-refractivity contribution in [1.29, 1.82) is 0 Å². The zero-order valence-corrected chi connectivity index (χ0v) is 23.4. The summed E-state index contributed by atoms with van der Waals surface area (Å²) in [6, 6.07) is 10.4. The van der Waals surface area contributed by atoms with E-state index in [0.29, 0.717) is 36.7 Å². The maximum atomic E-state index is 13.1. The molecular weight excluding hydrogens is 554 g/mol. The molecule has 0 aliphatic rings. The molecule has 0 saturated heterocycles. The second-order valence-corrected chi connectivity index (χ2v) is 10.2. The van der Waals surface area contributed by atoms with Crippen molar-refractivity contribution in [1.82, 2.24) is 0 Å². The molecule has 0 aliphatic carbocycles.